The molecule has 3 rings (SSSR count). The van der Waals surface area contributed by atoms with E-state index in [4.69, 9.17) is 62.7 Å². The van der Waals surface area contributed by atoms with Crippen LogP contribution in [0.25, 0.3) is 0 Å². The van der Waals surface area contributed by atoms with Crippen molar-refractivity contribution >= 4 is 87.6 Å². The Bertz CT molecular complexity index is 1250. The Kier molecular flexibility index (Phi) is 9.31. The molecule has 9 nitrogen and oxygen atoms in total. The molecule has 0 fully saturated rings. The number of hydrazine groups is 1. The van der Waals surface area contributed by atoms with Crippen LogP contribution in [0.3, 0.4) is 0 Å². The summed E-state index contributed by atoms with van der Waals surface area (Å²) >= 11 is 30.2. The van der Waals surface area contributed by atoms with E-state index < -0.39 is 42.2 Å². The number of halogens is 5. The average molecular weight is 610 g/mol. The van der Waals surface area contributed by atoms with Gasteiger partial charge in [0.15, 0.2) is 6.61 Å². The predicted molar refractivity (Wildman–Crippen MR) is 138 cm³/mol. The van der Waals surface area contributed by atoms with E-state index in [9.17, 15) is 24.0 Å². The molecule has 0 saturated heterocycles. The van der Waals surface area contributed by atoms with Crippen molar-refractivity contribution in [2.75, 3.05) is 6.61 Å². The summed E-state index contributed by atoms with van der Waals surface area (Å²) in [5.41, 5.74) is 3.92. The molecule has 4 amide bonds. The van der Waals surface area contributed by atoms with Gasteiger partial charge in [-0.15, -0.1) is 0 Å². The van der Waals surface area contributed by atoms with Crippen LogP contribution in [0.1, 0.15) is 51.3 Å². The zero-order valence-electron chi connectivity index (χ0n) is 19.2. The molecular weight excluding hydrogens is 592 g/mol. The Morgan fingerprint density at radius 1 is 0.838 bits per heavy atom. The highest BCUT2D eigenvalue weighted by molar-refractivity contribution is 6.55. The lowest BCUT2D eigenvalue weighted by atomic mass is 10.0. The van der Waals surface area contributed by atoms with Gasteiger partial charge in [-0.2, -0.15) is 0 Å². The fourth-order valence-corrected chi connectivity index (χ4v) is 4.61. The molecule has 1 heterocycles. The van der Waals surface area contributed by atoms with E-state index in [0.717, 1.165) is 0 Å². The molecule has 1 atom stereocenters. The second-order valence-electron chi connectivity index (χ2n) is 8.25. The van der Waals surface area contributed by atoms with Crippen molar-refractivity contribution in [3.63, 3.8) is 0 Å². The summed E-state index contributed by atoms with van der Waals surface area (Å²) in [7, 11) is 0. The van der Waals surface area contributed by atoms with Crippen LogP contribution in [-0.2, 0) is 14.3 Å². The maximum Gasteiger partial charge on any atom is 0.329 e. The van der Waals surface area contributed by atoms with Crippen LogP contribution in [0.15, 0.2) is 24.3 Å². The molecule has 0 radical (unpaired) electrons. The van der Waals surface area contributed by atoms with Crippen LogP contribution >= 0.6 is 58.0 Å². The van der Waals surface area contributed by atoms with Crippen molar-refractivity contribution in [3.05, 3.63) is 66.1 Å². The normalized spacial score (nSPS) is 13.5. The fourth-order valence-electron chi connectivity index (χ4n) is 3.47. The number of nitrogens with one attached hydrogen (secondary N) is 2. The Morgan fingerprint density at radius 3 is 1.84 bits per heavy atom. The summed E-state index contributed by atoms with van der Waals surface area (Å²) in [6, 6.07) is 4.48. The minimum atomic E-state index is -1.41. The molecule has 0 saturated carbocycles. The number of imide groups is 1. The van der Waals surface area contributed by atoms with Gasteiger partial charge in [0, 0.05) is 10.6 Å². The molecule has 0 aromatic heterocycles. The second kappa shape index (κ2) is 11.9. The number of fused-ring (bicyclic) bond motifs is 1. The van der Waals surface area contributed by atoms with Crippen LogP contribution < -0.4 is 10.9 Å². The van der Waals surface area contributed by atoms with Gasteiger partial charge < -0.3 is 4.74 Å². The molecule has 0 bridgehead atoms. The molecule has 196 valence electrons. The van der Waals surface area contributed by atoms with Gasteiger partial charge in [-0.05, 0) is 36.6 Å². The molecule has 0 spiro atoms. The molecule has 0 aliphatic carbocycles. The molecule has 37 heavy (non-hydrogen) atoms. The van der Waals surface area contributed by atoms with Crippen molar-refractivity contribution in [1.82, 2.24) is 15.8 Å². The fraction of sp³-hybridized carbons (Fsp3) is 0.261. The van der Waals surface area contributed by atoms with Gasteiger partial charge in [-0.25, -0.2) is 4.79 Å². The number of hydrogen-bond acceptors (Lipinski definition) is 6. The predicted octanol–water partition coefficient (Wildman–Crippen LogP) is 4.97. The quantitative estimate of drug-likeness (QED) is 0.150. The third-order valence-electron chi connectivity index (χ3n) is 5.18. The summed E-state index contributed by atoms with van der Waals surface area (Å²) < 4.78 is 5.05. The summed E-state index contributed by atoms with van der Waals surface area (Å²) in [5, 5.41) is -0.554. The molecule has 2 aromatic carbocycles. The Hall–Kier alpha value is -2.56. The largest absolute Gasteiger partial charge is 0.454 e. The minimum absolute atomic E-state index is 0.00985. The molecule has 1 aliphatic rings. The lowest BCUT2D eigenvalue weighted by Gasteiger charge is -2.25. The number of rotatable bonds is 7. The highest BCUT2D eigenvalue weighted by atomic mass is 35.5. The number of nitrogens with zero attached hydrogens (tertiary/aromatic N) is 1. The Morgan fingerprint density at radius 2 is 1.35 bits per heavy atom. The van der Waals surface area contributed by atoms with Crippen LogP contribution in [0.4, 0.5) is 0 Å². The Balaban J connectivity index is 1.71. The average Bonchev–Trinajstić information content (AvgIpc) is 3.11. The zero-order chi connectivity index (χ0) is 27.6. The first-order chi connectivity index (χ1) is 17.3. The molecule has 2 aromatic rings. The number of ether oxygens (including phenoxy) is 1. The van der Waals surface area contributed by atoms with E-state index >= 15 is 0 Å². The highest BCUT2D eigenvalue weighted by Gasteiger charge is 2.47. The third-order valence-corrected chi connectivity index (χ3v) is 7.23. The minimum Gasteiger partial charge on any atom is -0.454 e. The van der Waals surface area contributed by atoms with Gasteiger partial charge in [0.25, 0.3) is 23.6 Å². The van der Waals surface area contributed by atoms with Crippen LogP contribution in [-0.4, -0.2) is 47.1 Å². The second-order valence-corrected chi connectivity index (χ2v) is 10.2. The summed E-state index contributed by atoms with van der Waals surface area (Å²) in [5.74, 6) is -4.53. The van der Waals surface area contributed by atoms with E-state index in [2.05, 4.69) is 10.9 Å². The Labute approximate surface area is 236 Å². The maximum atomic E-state index is 13.2. The number of esters is 1. The number of carbonyl (C=O) groups excluding carboxylic acids is 5. The lowest BCUT2D eigenvalue weighted by molar-refractivity contribution is -0.153. The molecule has 14 heteroatoms. The molecule has 0 unspecified atom stereocenters. The monoisotopic (exact) mass is 607 g/mol. The van der Waals surface area contributed by atoms with E-state index in [1.165, 1.54) is 24.3 Å². The number of hydrogen-bond donors (Lipinski definition) is 2. The summed E-state index contributed by atoms with van der Waals surface area (Å²) in [4.78, 5) is 64.2. The van der Waals surface area contributed by atoms with Crippen LogP contribution in [0.2, 0.25) is 25.1 Å². The standard InChI is InChI=1S/C23H18Cl5N3O6/c1-9(2)7-12(31-21(34)14-15(22(31)35)17(26)19(28)18(27)16(14)25)23(36)37-8-13(32)29-30-20(33)10-3-5-11(24)6-4-10/h3-6,9,12H,7-8H2,1-2H3,(H,29,32)(H,30,33)/t12-/m1/s1. The van der Waals surface area contributed by atoms with E-state index in [1.807, 2.05) is 0 Å². The highest BCUT2D eigenvalue weighted by Crippen LogP contribution is 2.45. The summed E-state index contributed by atoms with van der Waals surface area (Å²) in [6.45, 7) is 2.70. The molecule has 2 N–H and O–H groups in total. The van der Waals surface area contributed by atoms with E-state index in [-0.39, 0.29) is 49.1 Å². The molecular formula is C23H18Cl5N3O6. The van der Waals surface area contributed by atoms with Gasteiger partial charge in [-0.3, -0.25) is 34.9 Å². The number of amides is 4. The van der Waals surface area contributed by atoms with Crippen molar-refractivity contribution in [3.8, 4) is 0 Å². The maximum absolute atomic E-state index is 13.2. The van der Waals surface area contributed by atoms with Gasteiger partial charge in [0.05, 0.1) is 31.2 Å². The first-order valence-corrected chi connectivity index (χ1v) is 12.5. The first kappa shape index (κ1) is 29.0. The number of benzene rings is 2. The van der Waals surface area contributed by atoms with Gasteiger partial charge in [-0.1, -0.05) is 71.9 Å². The third kappa shape index (κ3) is 6.13. The topological polar surface area (TPSA) is 122 Å². The van der Waals surface area contributed by atoms with Crippen molar-refractivity contribution < 1.29 is 28.7 Å². The van der Waals surface area contributed by atoms with Gasteiger partial charge in [0.1, 0.15) is 6.04 Å². The lowest BCUT2D eigenvalue weighted by Crippen LogP contribution is -2.48. The summed E-state index contributed by atoms with van der Waals surface area (Å²) in [6.07, 6.45) is 0.00985. The van der Waals surface area contributed by atoms with Crippen LogP contribution in [0, 0.1) is 5.92 Å². The van der Waals surface area contributed by atoms with E-state index in [1.54, 1.807) is 13.8 Å². The van der Waals surface area contributed by atoms with Crippen molar-refractivity contribution in [1.29, 1.82) is 0 Å². The van der Waals surface area contributed by atoms with Crippen LogP contribution in [0.5, 0.6) is 0 Å². The molecule has 1 aliphatic heterocycles. The van der Waals surface area contributed by atoms with Gasteiger partial charge in [0.2, 0.25) is 0 Å². The first-order valence-electron chi connectivity index (χ1n) is 10.6. The zero-order valence-corrected chi connectivity index (χ0v) is 22.9. The van der Waals surface area contributed by atoms with E-state index in [0.29, 0.717) is 9.92 Å². The van der Waals surface area contributed by atoms with Crippen molar-refractivity contribution in [2.45, 2.75) is 26.3 Å². The van der Waals surface area contributed by atoms with Gasteiger partial charge >= 0.3 is 5.97 Å². The van der Waals surface area contributed by atoms with Crippen molar-refractivity contribution in [2.24, 2.45) is 5.92 Å². The number of carbonyl (C=O) groups is 5. The SMILES string of the molecule is CC(C)C[C@H](C(=O)OCC(=O)NNC(=O)c1ccc(Cl)cc1)N1C(=O)c2c(Cl)c(Cl)c(Cl)c(Cl)c2C1=O. The smallest absolute Gasteiger partial charge is 0.329 e.